The Kier molecular flexibility index (Phi) is 17.0. The zero-order valence-electron chi connectivity index (χ0n) is 9.59. The first-order valence-corrected chi connectivity index (χ1v) is 4.78. The molecule has 0 radical (unpaired) electrons. The fourth-order valence-electron chi connectivity index (χ4n) is 1.18. The molecule has 1 nitrogen and oxygen atoms in total. The van der Waals surface area contributed by atoms with Crippen LogP contribution in [0.5, 0.6) is 0 Å². The highest BCUT2D eigenvalue weighted by atomic mass is 35.5. The molecule has 0 aliphatic carbocycles. The summed E-state index contributed by atoms with van der Waals surface area (Å²) in [4.78, 5) is 0. The van der Waals surface area contributed by atoms with E-state index >= 15 is 0 Å². The molecular formula is C12H18Cl3N-2. The van der Waals surface area contributed by atoms with Gasteiger partial charge in [-0.25, -0.2) is 0 Å². The highest BCUT2D eigenvalue weighted by Crippen LogP contribution is 1.94. The van der Waals surface area contributed by atoms with Crippen LogP contribution in [0, 0.1) is 0 Å². The van der Waals surface area contributed by atoms with E-state index in [2.05, 4.69) is 55.6 Å². The van der Waals surface area contributed by atoms with E-state index in [1.54, 1.807) is 0 Å². The fourth-order valence-corrected chi connectivity index (χ4v) is 1.18. The van der Waals surface area contributed by atoms with Gasteiger partial charge in [-0.15, -0.1) is 0 Å². The second-order valence-corrected chi connectivity index (χ2v) is 3.50. The van der Waals surface area contributed by atoms with Crippen LogP contribution in [0.4, 0.5) is 0 Å². The van der Waals surface area contributed by atoms with Gasteiger partial charge >= 0.3 is 0 Å². The van der Waals surface area contributed by atoms with E-state index in [-0.39, 0.29) is 37.2 Å². The third-order valence-electron chi connectivity index (χ3n) is 1.92. The van der Waals surface area contributed by atoms with Crippen LogP contribution < -0.4 is 42.5 Å². The third kappa shape index (κ3) is 10.3. The largest absolute Gasteiger partial charge is 1.00 e. The normalized spacial score (nSPS) is 7.88. The first-order valence-electron chi connectivity index (χ1n) is 4.78. The van der Waals surface area contributed by atoms with Gasteiger partial charge in [0.1, 0.15) is 6.54 Å². The van der Waals surface area contributed by atoms with Gasteiger partial charge in [0.2, 0.25) is 0 Å². The lowest BCUT2D eigenvalue weighted by Crippen LogP contribution is -3.00. The minimum atomic E-state index is 0. The lowest BCUT2D eigenvalue weighted by molar-refractivity contribution is -0.662. The summed E-state index contributed by atoms with van der Waals surface area (Å²) < 4.78 is 0. The fraction of sp³-hybridized carbons (Fsp3) is 0.333. The molecule has 0 saturated carbocycles. The summed E-state index contributed by atoms with van der Waals surface area (Å²) in [7, 11) is 0. The predicted molar refractivity (Wildman–Crippen MR) is 56.4 cm³/mol. The minimum Gasteiger partial charge on any atom is -1.00 e. The molecular weight excluding hydrogens is 264 g/mol. The number of nitrogens with two attached hydrogens (primary N) is 1. The van der Waals surface area contributed by atoms with Gasteiger partial charge in [0.05, 0.1) is 6.54 Å². The summed E-state index contributed by atoms with van der Waals surface area (Å²) in [6.07, 6.45) is 2.25. The van der Waals surface area contributed by atoms with Crippen molar-refractivity contribution >= 4 is 0 Å². The van der Waals surface area contributed by atoms with Crippen LogP contribution >= 0.6 is 0 Å². The molecule has 0 aromatic heterocycles. The van der Waals surface area contributed by atoms with Gasteiger partial charge < -0.3 is 42.5 Å². The number of rotatable bonds is 4. The summed E-state index contributed by atoms with van der Waals surface area (Å²) in [5, 5.41) is 2.31. The van der Waals surface area contributed by atoms with Crippen molar-refractivity contribution in [2.75, 3.05) is 6.54 Å². The van der Waals surface area contributed by atoms with Crippen LogP contribution in [0.3, 0.4) is 0 Å². The maximum atomic E-state index is 2.31. The highest BCUT2D eigenvalue weighted by Gasteiger charge is 1.91. The second-order valence-electron chi connectivity index (χ2n) is 3.50. The molecule has 0 fully saturated rings. The van der Waals surface area contributed by atoms with Gasteiger partial charge in [0.15, 0.2) is 0 Å². The standard InChI is InChI=1S/C12H17N.3ClH/c1-11(2)8-9-13-10-12-6-4-3-5-7-12;;;/h3-8,13H,9-10H2,1-2H3;3*1H/p-2. The maximum Gasteiger partial charge on any atom is 0.101 e. The lowest BCUT2D eigenvalue weighted by atomic mass is 10.2. The van der Waals surface area contributed by atoms with Gasteiger partial charge in [-0.2, -0.15) is 0 Å². The zero-order chi connectivity index (χ0) is 9.52. The Morgan fingerprint density at radius 3 is 2.12 bits per heavy atom. The topological polar surface area (TPSA) is 16.6 Å². The molecule has 1 rings (SSSR count). The molecule has 0 heterocycles. The van der Waals surface area contributed by atoms with Crippen molar-refractivity contribution in [3.05, 3.63) is 47.5 Å². The van der Waals surface area contributed by atoms with Crippen molar-refractivity contribution in [2.24, 2.45) is 0 Å². The molecule has 0 unspecified atom stereocenters. The third-order valence-corrected chi connectivity index (χ3v) is 1.92. The number of hydrogen-bond donors (Lipinski definition) is 1. The van der Waals surface area contributed by atoms with E-state index in [0.717, 1.165) is 13.1 Å². The van der Waals surface area contributed by atoms with E-state index in [9.17, 15) is 0 Å². The summed E-state index contributed by atoms with van der Waals surface area (Å²) in [6.45, 7) is 6.43. The van der Waals surface area contributed by atoms with Crippen molar-refractivity contribution in [1.29, 1.82) is 0 Å². The molecule has 0 aliphatic rings. The number of benzene rings is 1. The Hall–Kier alpha value is -0.210. The summed E-state index contributed by atoms with van der Waals surface area (Å²) in [5.74, 6) is 0. The lowest BCUT2D eigenvalue weighted by Gasteiger charge is -1.98. The van der Waals surface area contributed by atoms with E-state index in [1.165, 1.54) is 11.1 Å². The molecule has 0 bridgehead atoms. The first kappa shape index (κ1) is 21.1. The van der Waals surface area contributed by atoms with Crippen molar-refractivity contribution in [2.45, 2.75) is 20.4 Å². The van der Waals surface area contributed by atoms with E-state index in [1.807, 2.05) is 0 Å². The van der Waals surface area contributed by atoms with Crippen molar-refractivity contribution in [3.63, 3.8) is 0 Å². The van der Waals surface area contributed by atoms with Crippen molar-refractivity contribution in [1.82, 2.24) is 0 Å². The van der Waals surface area contributed by atoms with Crippen LogP contribution in [-0.4, -0.2) is 6.54 Å². The maximum absolute atomic E-state index is 2.31. The Morgan fingerprint density at radius 2 is 1.62 bits per heavy atom. The molecule has 1 aromatic carbocycles. The van der Waals surface area contributed by atoms with Gasteiger partial charge in [0.25, 0.3) is 0 Å². The molecule has 1 aromatic rings. The molecule has 0 spiro atoms. The van der Waals surface area contributed by atoms with E-state index in [4.69, 9.17) is 0 Å². The Bertz CT molecular complexity index is 269. The Morgan fingerprint density at radius 1 is 1.06 bits per heavy atom. The molecule has 16 heavy (non-hydrogen) atoms. The highest BCUT2D eigenvalue weighted by molar-refractivity contribution is 5.12. The quantitative estimate of drug-likeness (QED) is 0.418. The minimum absolute atomic E-state index is 0. The van der Waals surface area contributed by atoms with Crippen LogP contribution in [0.1, 0.15) is 19.4 Å². The van der Waals surface area contributed by atoms with Crippen LogP contribution in [-0.2, 0) is 6.54 Å². The predicted octanol–water partition coefficient (Wildman–Crippen LogP) is -7.27. The SMILES string of the molecule is CC(C)=CC[NH2+]Cc1ccccc1.[Cl-].[Cl-].[Cl-]. The van der Waals surface area contributed by atoms with Crippen LogP contribution in [0.25, 0.3) is 0 Å². The van der Waals surface area contributed by atoms with Gasteiger partial charge in [0, 0.05) is 5.56 Å². The number of quaternary nitrogens is 1. The van der Waals surface area contributed by atoms with E-state index < -0.39 is 0 Å². The smallest absolute Gasteiger partial charge is 0.101 e. The Balaban J connectivity index is -0.000000563. The molecule has 4 heteroatoms. The monoisotopic (exact) mass is 281 g/mol. The summed E-state index contributed by atoms with van der Waals surface area (Å²) in [6, 6.07) is 10.6. The molecule has 0 saturated heterocycles. The first-order chi connectivity index (χ1) is 6.29. The van der Waals surface area contributed by atoms with Crippen LogP contribution in [0.15, 0.2) is 42.0 Å². The van der Waals surface area contributed by atoms with Gasteiger partial charge in [-0.3, -0.25) is 0 Å². The van der Waals surface area contributed by atoms with Crippen molar-refractivity contribution < 1.29 is 42.5 Å². The van der Waals surface area contributed by atoms with E-state index in [0.29, 0.717) is 0 Å². The number of halogens is 3. The number of hydrogen-bond acceptors (Lipinski definition) is 0. The zero-order valence-corrected chi connectivity index (χ0v) is 11.9. The number of allylic oxidation sites excluding steroid dienone is 1. The van der Waals surface area contributed by atoms with Crippen LogP contribution in [0.2, 0.25) is 0 Å². The van der Waals surface area contributed by atoms with Gasteiger partial charge in [-0.1, -0.05) is 35.9 Å². The summed E-state index contributed by atoms with van der Waals surface area (Å²) >= 11 is 0. The second kappa shape index (κ2) is 12.9. The molecule has 0 amide bonds. The molecule has 0 aliphatic heterocycles. The Labute approximate surface area is 117 Å². The average Bonchev–Trinajstić information content (AvgIpc) is 2.14. The molecule has 0 atom stereocenters. The summed E-state index contributed by atoms with van der Waals surface area (Å²) in [5.41, 5.74) is 2.79. The average molecular weight is 283 g/mol. The molecule has 94 valence electrons. The van der Waals surface area contributed by atoms with Gasteiger partial charge in [-0.05, 0) is 19.9 Å². The molecule has 2 N–H and O–H groups in total. The van der Waals surface area contributed by atoms with Crippen molar-refractivity contribution in [3.8, 4) is 0 Å².